The minimum Gasteiger partial charge on any atom is -0.508 e. The third-order valence-electron chi connectivity index (χ3n) is 13.6. The second kappa shape index (κ2) is 33.8. The summed E-state index contributed by atoms with van der Waals surface area (Å²) in [7, 11) is 7.33. The van der Waals surface area contributed by atoms with Crippen molar-refractivity contribution in [3.8, 4) is 5.75 Å². The van der Waals surface area contributed by atoms with Crippen molar-refractivity contribution < 1.29 is 62.9 Å². The van der Waals surface area contributed by atoms with Gasteiger partial charge in [0.05, 0.1) is 73.8 Å². The lowest BCUT2D eigenvalue weighted by molar-refractivity contribution is -0.144. The van der Waals surface area contributed by atoms with Gasteiger partial charge in [-0.2, -0.15) is 12.6 Å². The Morgan fingerprint density at radius 1 is 0.797 bits per heavy atom. The second-order valence-corrected chi connectivity index (χ2v) is 27.8. The summed E-state index contributed by atoms with van der Waals surface area (Å²) in [6.07, 6.45) is -2.14. The Morgan fingerprint density at radius 2 is 1.48 bits per heavy atom. The Morgan fingerprint density at radius 3 is 2.18 bits per heavy atom. The highest BCUT2D eigenvalue weighted by Gasteiger charge is 2.43. The molecular weight excluding hydrogens is 1160 g/mol. The molecule has 5 aliphatic heterocycles. The normalized spacial score (nSPS) is 30.9. The molecule has 13 atom stereocenters. The maximum Gasteiger partial charge on any atom is 0.305 e. The zero-order valence-corrected chi connectivity index (χ0v) is 50.4. The van der Waals surface area contributed by atoms with Crippen LogP contribution in [0.5, 0.6) is 5.75 Å². The van der Waals surface area contributed by atoms with Crippen LogP contribution >= 0.6 is 77.4 Å². The first-order valence-electron chi connectivity index (χ1n) is 26.3. The third-order valence-corrected chi connectivity index (χ3v) is 21.4. The molecule has 0 saturated carbocycles. The Balaban J connectivity index is 1.77. The number of benzene rings is 1. The van der Waals surface area contributed by atoms with Crippen molar-refractivity contribution in [2.24, 2.45) is 17.6 Å². The van der Waals surface area contributed by atoms with Gasteiger partial charge < -0.3 is 46.9 Å². The van der Waals surface area contributed by atoms with Gasteiger partial charge in [-0.05, 0) is 63.6 Å². The number of thiol groups is 1. The van der Waals surface area contributed by atoms with Crippen LogP contribution in [0.2, 0.25) is 0 Å². The molecular formula is C50H75N9O13S7. The van der Waals surface area contributed by atoms with Gasteiger partial charge in [-0.1, -0.05) is 90.7 Å². The quantitative estimate of drug-likeness (QED) is 0.0819. The molecule has 29 heteroatoms. The van der Waals surface area contributed by atoms with Crippen LogP contribution in [-0.2, 0) is 59.1 Å². The lowest BCUT2D eigenvalue weighted by Crippen LogP contribution is -2.61. The summed E-state index contributed by atoms with van der Waals surface area (Å²) in [6, 6.07) is -4.71. The van der Waals surface area contributed by atoms with Gasteiger partial charge in [0.2, 0.25) is 29.5 Å². The number of primary amides is 1. The first-order chi connectivity index (χ1) is 37.7. The fourth-order valence-corrected chi connectivity index (χ4v) is 16.8. The predicted octanol–water partition coefficient (Wildman–Crippen LogP) is 0.561. The minimum atomic E-state index is -1.42. The van der Waals surface area contributed by atoms with Crippen LogP contribution in [0.15, 0.2) is 24.3 Å². The van der Waals surface area contributed by atoms with Gasteiger partial charge in [-0.3, -0.25) is 63.9 Å². The summed E-state index contributed by atoms with van der Waals surface area (Å²) in [6.45, 7) is 6.15. The zero-order valence-electron chi connectivity index (χ0n) is 44.6. The number of aliphatic hydroxyl groups excluding tert-OH is 1. The van der Waals surface area contributed by atoms with Gasteiger partial charge in [-0.25, -0.2) is 0 Å². The van der Waals surface area contributed by atoms with E-state index in [1.54, 1.807) is 19.1 Å². The number of rotatable bonds is 11. The van der Waals surface area contributed by atoms with E-state index in [0.717, 1.165) is 0 Å². The molecule has 5 fully saturated rings. The van der Waals surface area contributed by atoms with Crippen molar-refractivity contribution in [2.45, 2.75) is 139 Å². The Hall–Kier alpha value is -3.23. The van der Waals surface area contributed by atoms with E-state index in [0.29, 0.717) is 18.4 Å². The number of nitrogens with zero attached hydrogens (tertiary/aromatic N) is 1. The number of phenols is 1. The van der Waals surface area contributed by atoms with E-state index in [1.165, 1.54) is 95.6 Å². The Labute approximate surface area is 490 Å². The van der Waals surface area contributed by atoms with E-state index in [4.69, 9.17) is 10.5 Å². The number of ether oxygens (including phenoxy) is 1. The number of esters is 1. The number of carbonyl (C=O) groups is 10. The predicted molar refractivity (Wildman–Crippen MR) is 315 cm³/mol. The number of nitrogens with two attached hydrogens (primary N) is 1. The summed E-state index contributed by atoms with van der Waals surface area (Å²) < 4.78 is 5.39. The summed E-state index contributed by atoms with van der Waals surface area (Å²) in [4.78, 5) is 144. The lowest BCUT2D eigenvalue weighted by atomic mass is 9.89. The Kier molecular flexibility index (Phi) is 28.5. The number of carbonyl (C=O) groups excluding carboxylic acids is 10. The molecule has 440 valence electrons. The number of aliphatic hydroxyl groups is 1. The van der Waals surface area contributed by atoms with Crippen LogP contribution in [0, 0.1) is 11.8 Å². The molecule has 0 aromatic heterocycles. The molecule has 5 heterocycles. The standard InChI is InChI=1S/C50H75N9O13S7/c1-5-15-72-43(65)13-12-32-47(68)58-33(16-29-8-10-30(61)11-9-29)46(67)31-21-75-74-20-26(2)39(62)18-52-49(70)44(28(4)60)57-37-23-77-79-25-42(55-32)56-35(19-73)40(63)24-78-76-22-36(31)54-34(17-41(51)64)50(71)59-14-6-7-38(59)48(69)53-27(3)45(37)66/h8-11,26-28,31-38,42,44,54-57,60-61,73H,5-7,12-25H2,1-4H3,(H2,51,64)(H,52,70)(H,53,69)(H,58,68)/t26?,27-,28+,31?,32?,33-,34-,35-,36?,37?,38-,42?,44-/m0/s1. The second-order valence-electron chi connectivity index (χ2n) is 19.9. The van der Waals surface area contributed by atoms with E-state index in [1.807, 2.05) is 6.92 Å². The van der Waals surface area contributed by atoms with E-state index >= 15 is 14.4 Å². The van der Waals surface area contributed by atoms with Gasteiger partial charge >= 0.3 is 5.97 Å². The molecule has 5 saturated heterocycles. The molecule has 4 bridgehead atoms. The van der Waals surface area contributed by atoms with Crippen LogP contribution in [0.1, 0.15) is 71.8 Å². The number of fused-ring (bicyclic) bond motifs is 14. The average molecular weight is 1230 g/mol. The number of ketones is 4. The largest absolute Gasteiger partial charge is 0.508 e. The van der Waals surface area contributed by atoms with Crippen LogP contribution in [0.25, 0.3) is 0 Å². The number of hydrogen-bond acceptors (Lipinski definition) is 24. The molecule has 11 N–H and O–H groups in total. The summed E-state index contributed by atoms with van der Waals surface area (Å²) >= 11 is 4.55. The molecule has 0 radical (unpaired) electrons. The first-order valence-corrected chi connectivity index (χ1v) is 34.4. The number of nitrogens with one attached hydrogen (secondary N) is 7. The van der Waals surface area contributed by atoms with E-state index in [-0.39, 0.29) is 96.4 Å². The van der Waals surface area contributed by atoms with Crippen molar-refractivity contribution in [2.75, 3.05) is 60.0 Å². The number of hydrogen-bond donors (Lipinski definition) is 11. The van der Waals surface area contributed by atoms with E-state index in [2.05, 4.69) is 49.8 Å². The van der Waals surface area contributed by atoms with Crippen molar-refractivity contribution in [1.82, 2.24) is 42.1 Å². The molecule has 1 aromatic rings. The summed E-state index contributed by atoms with van der Waals surface area (Å²) in [5.41, 5.74) is 6.42. The minimum absolute atomic E-state index is 0.000470. The molecule has 0 spiro atoms. The van der Waals surface area contributed by atoms with Crippen LogP contribution < -0.4 is 43.0 Å². The van der Waals surface area contributed by atoms with E-state index < -0.39 is 139 Å². The van der Waals surface area contributed by atoms with Crippen molar-refractivity contribution >= 4 is 136 Å². The van der Waals surface area contributed by atoms with Crippen LogP contribution in [-0.4, -0.2) is 200 Å². The van der Waals surface area contributed by atoms with E-state index in [9.17, 15) is 43.8 Å². The monoisotopic (exact) mass is 1230 g/mol. The molecule has 0 aliphatic carbocycles. The fraction of sp³-hybridized carbons (Fsp3) is 0.680. The summed E-state index contributed by atoms with van der Waals surface area (Å²) in [5.74, 6) is -7.50. The molecule has 5 amide bonds. The zero-order chi connectivity index (χ0) is 57.8. The topological polar surface area (TPSA) is 334 Å². The number of amides is 5. The van der Waals surface area contributed by atoms with Gasteiger partial charge in [0.15, 0.2) is 23.1 Å². The highest BCUT2D eigenvalue weighted by Crippen LogP contribution is 2.33. The maximum atomic E-state index is 15.8. The number of Topliss-reactive ketones (excluding diaryl/α,β-unsaturated/α-hetero) is 4. The molecule has 1 aromatic carbocycles. The smallest absolute Gasteiger partial charge is 0.305 e. The Bertz CT molecular complexity index is 2300. The molecule has 79 heavy (non-hydrogen) atoms. The number of phenolic OH excluding ortho intramolecular Hbond substituents is 1. The van der Waals surface area contributed by atoms with Crippen LogP contribution in [0.3, 0.4) is 0 Å². The third kappa shape index (κ3) is 20.9. The average Bonchev–Trinajstić information content (AvgIpc) is 3.97. The number of aromatic hydroxyl groups is 1. The molecule has 6 unspecified atom stereocenters. The first kappa shape index (κ1) is 66.6. The highest BCUT2D eigenvalue weighted by atomic mass is 33.1. The summed E-state index contributed by atoms with van der Waals surface area (Å²) in [5, 5.41) is 42.6. The SMILES string of the molecule is CCCOC(=O)CCC1NC2CSSCC3N[C@@H]([C@@H](C)O)C(=O)NCC(=O)C(C)CSSCC(C(=O)[C@H](Cc4ccc(O)cc4)NC1=O)C(CSSCC(=O)[C@H](CS)N2)N[C@@H](CC(N)=O)C(=O)N1CCC[C@H]1C(=O)N[C@@H](C)C3=O. The highest BCUT2D eigenvalue weighted by molar-refractivity contribution is 8.77. The van der Waals surface area contributed by atoms with Gasteiger partial charge in [-0.15, -0.1) is 0 Å². The molecule has 22 nitrogen and oxygen atoms in total. The lowest BCUT2D eigenvalue weighted by Gasteiger charge is -2.35. The van der Waals surface area contributed by atoms with Crippen molar-refractivity contribution in [1.29, 1.82) is 0 Å². The van der Waals surface area contributed by atoms with Gasteiger partial charge in [0.1, 0.15) is 17.8 Å². The molecule has 5 aliphatic rings. The van der Waals surface area contributed by atoms with Gasteiger partial charge in [0.25, 0.3) is 0 Å². The van der Waals surface area contributed by atoms with Gasteiger partial charge in [0, 0.05) is 65.4 Å². The van der Waals surface area contributed by atoms with Crippen LogP contribution in [0.4, 0.5) is 0 Å². The maximum absolute atomic E-state index is 15.8. The molecule has 6 rings (SSSR count). The van der Waals surface area contributed by atoms with Crippen molar-refractivity contribution in [3.63, 3.8) is 0 Å². The fourth-order valence-electron chi connectivity index (χ4n) is 9.12. The van der Waals surface area contributed by atoms with Crippen molar-refractivity contribution in [3.05, 3.63) is 29.8 Å².